The third-order valence-corrected chi connectivity index (χ3v) is 3.22. The van der Waals surface area contributed by atoms with Crippen molar-refractivity contribution in [1.29, 1.82) is 0 Å². The smallest absolute Gasteiger partial charge is 0.142 e. The van der Waals surface area contributed by atoms with Crippen LogP contribution in [0.1, 0.15) is 25.7 Å². The molecular formula is C12H14ClFO2. The molecule has 2 rings (SSSR count). The molecule has 0 heterocycles. The first-order chi connectivity index (χ1) is 7.59. The van der Waals surface area contributed by atoms with Crippen LogP contribution in [0.4, 0.5) is 4.39 Å². The topological polar surface area (TPSA) is 29.5 Å². The van der Waals surface area contributed by atoms with Gasteiger partial charge < -0.3 is 9.84 Å². The lowest BCUT2D eigenvalue weighted by Gasteiger charge is -2.22. The van der Waals surface area contributed by atoms with Crippen molar-refractivity contribution in [1.82, 2.24) is 0 Å². The van der Waals surface area contributed by atoms with Crippen LogP contribution >= 0.6 is 11.6 Å². The summed E-state index contributed by atoms with van der Waals surface area (Å²) < 4.78 is 18.3. The van der Waals surface area contributed by atoms with E-state index in [4.69, 9.17) is 16.3 Å². The molecule has 0 spiro atoms. The van der Waals surface area contributed by atoms with Crippen molar-refractivity contribution in [3.63, 3.8) is 0 Å². The summed E-state index contributed by atoms with van der Waals surface area (Å²) in [7, 11) is 0. The molecule has 88 valence electrons. The monoisotopic (exact) mass is 244 g/mol. The molecule has 1 aliphatic rings. The van der Waals surface area contributed by atoms with Crippen LogP contribution < -0.4 is 4.74 Å². The highest BCUT2D eigenvalue weighted by atomic mass is 35.5. The molecule has 1 saturated carbocycles. The van der Waals surface area contributed by atoms with Crippen LogP contribution in [0, 0.1) is 5.82 Å². The fourth-order valence-electron chi connectivity index (χ4n) is 1.96. The maximum absolute atomic E-state index is 12.9. The zero-order valence-electron chi connectivity index (χ0n) is 8.88. The normalized spacial score (nSPS) is 18.7. The van der Waals surface area contributed by atoms with Gasteiger partial charge in [0.25, 0.3) is 0 Å². The van der Waals surface area contributed by atoms with Crippen molar-refractivity contribution in [2.45, 2.75) is 31.3 Å². The van der Waals surface area contributed by atoms with Crippen molar-refractivity contribution in [3.8, 4) is 5.75 Å². The molecule has 1 aromatic carbocycles. The number of halogens is 2. The van der Waals surface area contributed by atoms with Gasteiger partial charge in [0.05, 0.1) is 10.6 Å². The lowest BCUT2D eigenvalue weighted by atomic mass is 10.0. The Morgan fingerprint density at radius 2 is 2.06 bits per heavy atom. The van der Waals surface area contributed by atoms with Gasteiger partial charge in [0.2, 0.25) is 0 Å². The van der Waals surface area contributed by atoms with Gasteiger partial charge in [0.15, 0.2) is 0 Å². The first-order valence-electron chi connectivity index (χ1n) is 5.39. The van der Waals surface area contributed by atoms with E-state index in [-0.39, 0.29) is 11.6 Å². The van der Waals surface area contributed by atoms with Crippen molar-refractivity contribution >= 4 is 11.6 Å². The molecule has 0 atom stereocenters. The van der Waals surface area contributed by atoms with Gasteiger partial charge in [-0.2, -0.15) is 0 Å². The van der Waals surface area contributed by atoms with Gasteiger partial charge in [-0.15, -0.1) is 0 Å². The average molecular weight is 245 g/mol. The van der Waals surface area contributed by atoms with E-state index >= 15 is 0 Å². The highest BCUT2D eigenvalue weighted by Gasteiger charge is 2.31. The third-order valence-electron chi connectivity index (χ3n) is 2.93. The number of ether oxygens (including phenoxy) is 1. The molecule has 0 amide bonds. The largest absolute Gasteiger partial charge is 0.491 e. The van der Waals surface area contributed by atoms with Crippen LogP contribution in [0.5, 0.6) is 5.75 Å². The molecule has 0 unspecified atom stereocenters. The fraction of sp³-hybridized carbons (Fsp3) is 0.500. The Labute approximate surface area is 99.0 Å². The standard InChI is InChI=1S/C12H14ClFO2/c13-10-7-9(3-4-11(10)14)16-8-12(15)5-1-2-6-12/h3-4,7,15H,1-2,5-6,8H2. The number of hydrogen-bond acceptors (Lipinski definition) is 2. The molecule has 0 saturated heterocycles. The minimum Gasteiger partial charge on any atom is -0.491 e. The Hall–Kier alpha value is -0.800. The number of benzene rings is 1. The average Bonchev–Trinajstić information content (AvgIpc) is 2.68. The van der Waals surface area contributed by atoms with Crippen molar-refractivity contribution < 1.29 is 14.2 Å². The van der Waals surface area contributed by atoms with E-state index in [1.807, 2.05) is 0 Å². The molecule has 0 bridgehead atoms. The van der Waals surface area contributed by atoms with Crippen LogP contribution in [0.25, 0.3) is 0 Å². The van der Waals surface area contributed by atoms with Crippen LogP contribution in [0.3, 0.4) is 0 Å². The second-order valence-corrected chi connectivity index (χ2v) is 4.70. The van der Waals surface area contributed by atoms with E-state index in [9.17, 15) is 9.50 Å². The van der Waals surface area contributed by atoms with E-state index in [2.05, 4.69) is 0 Å². The summed E-state index contributed by atoms with van der Waals surface area (Å²) in [5, 5.41) is 10.1. The minimum absolute atomic E-state index is 0.0379. The number of rotatable bonds is 3. The SMILES string of the molecule is OC1(COc2ccc(F)c(Cl)c2)CCCC1. The summed E-state index contributed by atoms with van der Waals surface area (Å²) in [5.41, 5.74) is -0.721. The molecule has 2 nitrogen and oxygen atoms in total. The molecule has 1 aliphatic carbocycles. The Bertz CT molecular complexity index is 375. The molecule has 4 heteroatoms. The van der Waals surface area contributed by atoms with Crippen LogP contribution in [-0.4, -0.2) is 17.3 Å². The van der Waals surface area contributed by atoms with E-state index in [0.717, 1.165) is 25.7 Å². The molecule has 0 radical (unpaired) electrons. The van der Waals surface area contributed by atoms with Gasteiger partial charge in [0, 0.05) is 6.07 Å². The first-order valence-corrected chi connectivity index (χ1v) is 5.77. The Morgan fingerprint density at radius 3 is 2.69 bits per heavy atom. The van der Waals surface area contributed by atoms with Gasteiger partial charge in [-0.05, 0) is 25.0 Å². The van der Waals surface area contributed by atoms with Gasteiger partial charge in [-0.3, -0.25) is 0 Å². The molecule has 1 fully saturated rings. The lowest BCUT2D eigenvalue weighted by molar-refractivity contribution is 0.00139. The summed E-state index contributed by atoms with van der Waals surface area (Å²) in [5.74, 6) is 0.0281. The van der Waals surface area contributed by atoms with Gasteiger partial charge in [-0.1, -0.05) is 24.4 Å². The predicted molar refractivity (Wildman–Crippen MR) is 60.3 cm³/mol. The summed E-state index contributed by atoms with van der Waals surface area (Å²) in [6.45, 7) is 0.245. The predicted octanol–water partition coefficient (Wildman–Crippen LogP) is 3.16. The molecule has 16 heavy (non-hydrogen) atoms. The number of aliphatic hydroxyl groups is 1. The van der Waals surface area contributed by atoms with Crippen LogP contribution in [0.2, 0.25) is 5.02 Å². The van der Waals surface area contributed by atoms with Crippen LogP contribution in [0.15, 0.2) is 18.2 Å². The van der Waals surface area contributed by atoms with Crippen molar-refractivity contribution in [2.24, 2.45) is 0 Å². The molecule has 1 aromatic rings. The first kappa shape index (κ1) is 11.7. The third kappa shape index (κ3) is 2.66. The molecule has 0 aliphatic heterocycles. The highest BCUT2D eigenvalue weighted by molar-refractivity contribution is 6.30. The maximum Gasteiger partial charge on any atom is 0.142 e. The zero-order chi connectivity index (χ0) is 11.6. The Morgan fingerprint density at radius 1 is 1.38 bits per heavy atom. The maximum atomic E-state index is 12.9. The number of hydrogen-bond donors (Lipinski definition) is 1. The van der Waals surface area contributed by atoms with E-state index in [1.165, 1.54) is 18.2 Å². The highest BCUT2D eigenvalue weighted by Crippen LogP contribution is 2.30. The fourth-order valence-corrected chi connectivity index (χ4v) is 2.13. The van der Waals surface area contributed by atoms with Crippen molar-refractivity contribution in [3.05, 3.63) is 29.0 Å². The quantitative estimate of drug-likeness (QED) is 0.885. The zero-order valence-corrected chi connectivity index (χ0v) is 9.63. The van der Waals surface area contributed by atoms with E-state index in [1.54, 1.807) is 0 Å². The van der Waals surface area contributed by atoms with E-state index in [0.29, 0.717) is 5.75 Å². The molecule has 0 aromatic heterocycles. The second-order valence-electron chi connectivity index (χ2n) is 4.30. The molecular weight excluding hydrogens is 231 g/mol. The van der Waals surface area contributed by atoms with Crippen molar-refractivity contribution in [2.75, 3.05) is 6.61 Å². The van der Waals surface area contributed by atoms with Gasteiger partial charge in [0.1, 0.15) is 18.2 Å². The summed E-state index contributed by atoms with van der Waals surface area (Å²) in [6.07, 6.45) is 3.60. The summed E-state index contributed by atoms with van der Waals surface area (Å²) >= 11 is 5.63. The Kier molecular flexibility index (Phi) is 3.36. The lowest BCUT2D eigenvalue weighted by Crippen LogP contribution is -2.32. The summed E-state index contributed by atoms with van der Waals surface area (Å²) in [4.78, 5) is 0. The Balaban J connectivity index is 1.96. The minimum atomic E-state index is -0.721. The van der Waals surface area contributed by atoms with Gasteiger partial charge in [-0.25, -0.2) is 4.39 Å². The second kappa shape index (κ2) is 4.60. The summed E-state index contributed by atoms with van der Waals surface area (Å²) in [6, 6.07) is 4.20. The van der Waals surface area contributed by atoms with E-state index < -0.39 is 11.4 Å². The molecule has 1 N–H and O–H groups in total. The van der Waals surface area contributed by atoms with Crippen LogP contribution in [-0.2, 0) is 0 Å². The van der Waals surface area contributed by atoms with Gasteiger partial charge >= 0.3 is 0 Å².